The maximum atomic E-state index is 12.6. The molecule has 156 valence electrons. The predicted molar refractivity (Wildman–Crippen MR) is 115 cm³/mol. The number of tetrazole rings is 1. The fourth-order valence-electron chi connectivity index (χ4n) is 2.73. The van der Waals surface area contributed by atoms with Crippen LogP contribution in [0.25, 0.3) is 5.69 Å². The minimum absolute atomic E-state index is 0.0358. The molecule has 9 heteroatoms. The second-order valence-electron chi connectivity index (χ2n) is 6.36. The zero-order chi connectivity index (χ0) is 21.3. The lowest BCUT2D eigenvalue weighted by molar-refractivity contribution is -0.116. The van der Waals surface area contributed by atoms with Crippen LogP contribution in [0.15, 0.2) is 53.7 Å². The number of rotatable bonds is 10. The molecular formula is C21H23N5O3S. The first-order valence-corrected chi connectivity index (χ1v) is 10.7. The smallest absolute Gasteiger partial charge is 0.224 e. The Morgan fingerprint density at radius 1 is 1.10 bits per heavy atom. The average molecular weight is 426 g/mol. The van der Waals surface area contributed by atoms with Crippen LogP contribution in [-0.4, -0.2) is 44.3 Å². The molecular weight excluding hydrogens is 402 g/mol. The molecule has 0 fully saturated rings. The van der Waals surface area contributed by atoms with Crippen molar-refractivity contribution >= 4 is 29.1 Å². The lowest BCUT2D eigenvalue weighted by Crippen LogP contribution is -2.11. The Morgan fingerprint density at radius 2 is 1.87 bits per heavy atom. The number of aromatic nitrogens is 4. The quantitative estimate of drug-likeness (QED) is 0.390. The summed E-state index contributed by atoms with van der Waals surface area (Å²) in [7, 11) is 0. The lowest BCUT2D eigenvalue weighted by Gasteiger charge is -2.10. The van der Waals surface area contributed by atoms with E-state index in [1.165, 1.54) is 11.8 Å². The number of carbonyl (C=O) groups is 2. The summed E-state index contributed by atoms with van der Waals surface area (Å²) in [6, 6.07) is 14.3. The van der Waals surface area contributed by atoms with Gasteiger partial charge in [0.15, 0.2) is 5.78 Å². The topological polar surface area (TPSA) is 99.0 Å². The summed E-state index contributed by atoms with van der Waals surface area (Å²) in [4.78, 5) is 24.2. The second kappa shape index (κ2) is 10.5. The van der Waals surface area contributed by atoms with Gasteiger partial charge in [-0.1, -0.05) is 30.8 Å². The Bertz CT molecular complexity index is 1000. The van der Waals surface area contributed by atoms with Crippen LogP contribution in [-0.2, 0) is 4.79 Å². The van der Waals surface area contributed by atoms with E-state index in [0.717, 1.165) is 6.42 Å². The molecule has 1 heterocycles. The number of ether oxygens (including phenoxy) is 1. The van der Waals surface area contributed by atoms with E-state index in [-0.39, 0.29) is 17.4 Å². The highest BCUT2D eigenvalue weighted by Crippen LogP contribution is 2.26. The van der Waals surface area contributed by atoms with E-state index >= 15 is 0 Å². The number of hydrogen-bond acceptors (Lipinski definition) is 7. The Labute approximate surface area is 179 Å². The molecule has 3 aromatic rings. The van der Waals surface area contributed by atoms with Gasteiger partial charge in [0.2, 0.25) is 11.1 Å². The van der Waals surface area contributed by atoms with Gasteiger partial charge in [0.05, 0.1) is 12.4 Å². The first-order valence-electron chi connectivity index (χ1n) is 9.68. The summed E-state index contributed by atoms with van der Waals surface area (Å²) in [5.74, 6) is 0.755. The number of nitrogens with one attached hydrogen (secondary N) is 1. The molecule has 1 N–H and O–H groups in total. The number of amides is 1. The second-order valence-corrected chi connectivity index (χ2v) is 7.30. The van der Waals surface area contributed by atoms with E-state index in [2.05, 4.69) is 20.8 Å². The minimum atomic E-state index is -0.0564. The van der Waals surface area contributed by atoms with Gasteiger partial charge >= 0.3 is 0 Å². The standard InChI is InChI=1S/C21H23N5O3S/c1-3-7-20(28)22-16-12-10-15(11-13-16)18(27)14-30-21-23-24-25-26(21)17-8-5-6-9-19(17)29-4-2/h5-6,8-13H,3-4,7,14H2,1-2H3,(H,22,28). The van der Waals surface area contributed by atoms with Gasteiger partial charge in [-0.3, -0.25) is 9.59 Å². The summed E-state index contributed by atoms with van der Waals surface area (Å²) < 4.78 is 7.21. The molecule has 0 bridgehead atoms. The van der Waals surface area contributed by atoms with Crippen molar-refractivity contribution in [2.24, 2.45) is 0 Å². The van der Waals surface area contributed by atoms with Crippen molar-refractivity contribution in [3.63, 3.8) is 0 Å². The van der Waals surface area contributed by atoms with E-state index in [1.54, 1.807) is 28.9 Å². The predicted octanol–water partition coefficient (Wildman–Crippen LogP) is 3.77. The number of anilines is 1. The Morgan fingerprint density at radius 3 is 2.60 bits per heavy atom. The maximum absolute atomic E-state index is 12.6. The van der Waals surface area contributed by atoms with Gasteiger partial charge in [-0.05, 0) is 60.2 Å². The fourth-order valence-corrected chi connectivity index (χ4v) is 3.51. The number of thioether (sulfide) groups is 1. The third-order valence-electron chi connectivity index (χ3n) is 4.13. The van der Waals surface area contributed by atoms with E-state index in [4.69, 9.17) is 4.74 Å². The van der Waals surface area contributed by atoms with Crippen molar-refractivity contribution in [2.45, 2.75) is 31.8 Å². The van der Waals surface area contributed by atoms with Crippen molar-refractivity contribution in [1.82, 2.24) is 20.2 Å². The Balaban J connectivity index is 1.65. The van der Waals surface area contributed by atoms with E-state index in [0.29, 0.717) is 40.9 Å². The van der Waals surface area contributed by atoms with Crippen molar-refractivity contribution < 1.29 is 14.3 Å². The van der Waals surface area contributed by atoms with Gasteiger partial charge < -0.3 is 10.1 Å². The monoisotopic (exact) mass is 425 g/mol. The van der Waals surface area contributed by atoms with E-state index in [9.17, 15) is 9.59 Å². The lowest BCUT2D eigenvalue weighted by atomic mass is 10.1. The summed E-state index contributed by atoms with van der Waals surface area (Å²) in [5, 5.41) is 15.1. The van der Waals surface area contributed by atoms with Crippen LogP contribution >= 0.6 is 11.8 Å². The number of Topliss-reactive ketones (excluding diaryl/α,β-unsaturated/α-hetero) is 1. The molecule has 1 amide bonds. The number of ketones is 1. The van der Waals surface area contributed by atoms with E-state index in [1.807, 2.05) is 38.1 Å². The van der Waals surface area contributed by atoms with E-state index < -0.39 is 0 Å². The van der Waals surface area contributed by atoms with Crippen LogP contribution in [0.2, 0.25) is 0 Å². The average Bonchev–Trinajstić information content (AvgIpc) is 3.22. The summed E-state index contributed by atoms with van der Waals surface area (Å²) >= 11 is 1.25. The highest BCUT2D eigenvalue weighted by Gasteiger charge is 2.15. The van der Waals surface area contributed by atoms with Gasteiger partial charge in [0.25, 0.3) is 0 Å². The van der Waals surface area contributed by atoms with Crippen LogP contribution in [0.4, 0.5) is 5.69 Å². The number of carbonyl (C=O) groups excluding carboxylic acids is 2. The number of benzene rings is 2. The summed E-state index contributed by atoms with van der Waals surface area (Å²) in [6.07, 6.45) is 1.26. The Kier molecular flexibility index (Phi) is 7.56. The highest BCUT2D eigenvalue weighted by atomic mass is 32.2. The van der Waals surface area contributed by atoms with Crippen LogP contribution in [0.1, 0.15) is 37.0 Å². The van der Waals surface area contributed by atoms with Gasteiger partial charge in [-0.15, -0.1) is 5.10 Å². The molecule has 0 aliphatic rings. The van der Waals surface area contributed by atoms with Crippen LogP contribution in [0, 0.1) is 0 Å². The van der Waals surface area contributed by atoms with Crippen molar-refractivity contribution in [2.75, 3.05) is 17.7 Å². The highest BCUT2D eigenvalue weighted by molar-refractivity contribution is 7.99. The van der Waals surface area contributed by atoms with Crippen LogP contribution < -0.4 is 10.1 Å². The zero-order valence-electron chi connectivity index (χ0n) is 16.9. The normalized spacial score (nSPS) is 10.6. The van der Waals surface area contributed by atoms with Gasteiger partial charge in [0.1, 0.15) is 11.4 Å². The molecule has 0 saturated carbocycles. The SMILES string of the molecule is CCCC(=O)Nc1ccc(C(=O)CSc2nnnn2-c2ccccc2OCC)cc1. The number of nitrogens with zero attached hydrogens (tertiary/aromatic N) is 4. The molecule has 0 radical (unpaired) electrons. The molecule has 30 heavy (non-hydrogen) atoms. The first-order chi connectivity index (χ1) is 14.6. The zero-order valence-corrected chi connectivity index (χ0v) is 17.7. The third-order valence-corrected chi connectivity index (χ3v) is 5.05. The van der Waals surface area contributed by atoms with Gasteiger partial charge in [-0.25, -0.2) is 0 Å². The fraction of sp³-hybridized carbons (Fsp3) is 0.286. The molecule has 0 atom stereocenters. The molecule has 0 aliphatic carbocycles. The van der Waals surface area contributed by atoms with Crippen LogP contribution in [0.5, 0.6) is 5.75 Å². The molecule has 0 unspecified atom stereocenters. The molecule has 2 aromatic carbocycles. The minimum Gasteiger partial charge on any atom is -0.492 e. The number of para-hydroxylation sites is 2. The van der Waals surface area contributed by atoms with Crippen molar-refractivity contribution in [1.29, 1.82) is 0 Å². The molecule has 3 rings (SSSR count). The molecule has 0 spiro atoms. The molecule has 0 aliphatic heterocycles. The maximum Gasteiger partial charge on any atom is 0.224 e. The molecule has 1 aromatic heterocycles. The summed E-state index contributed by atoms with van der Waals surface area (Å²) in [6.45, 7) is 4.38. The number of hydrogen-bond donors (Lipinski definition) is 1. The van der Waals surface area contributed by atoms with Gasteiger partial charge in [-0.2, -0.15) is 4.68 Å². The van der Waals surface area contributed by atoms with Crippen molar-refractivity contribution in [3.8, 4) is 11.4 Å². The summed E-state index contributed by atoms with van der Waals surface area (Å²) in [5.41, 5.74) is 1.95. The van der Waals surface area contributed by atoms with Crippen molar-refractivity contribution in [3.05, 3.63) is 54.1 Å². The van der Waals surface area contributed by atoms with Gasteiger partial charge in [0, 0.05) is 17.7 Å². The molecule has 8 nitrogen and oxygen atoms in total. The largest absolute Gasteiger partial charge is 0.492 e. The molecule has 0 saturated heterocycles. The first kappa shape index (κ1) is 21.5. The third kappa shape index (κ3) is 5.44. The van der Waals surface area contributed by atoms with Crippen LogP contribution in [0.3, 0.4) is 0 Å². The Hall–Kier alpha value is -3.20.